The Balaban J connectivity index is 1.45. The Morgan fingerprint density at radius 3 is 2.62 bits per heavy atom. The van der Waals surface area contributed by atoms with Crippen molar-refractivity contribution in [2.75, 3.05) is 19.1 Å². The Hall–Kier alpha value is -3.61. The smallest absolute Gasteiger partial charge is 0.266 e. The van der Waals surface area contributed by atoms with Gasteiger partial charge in [-0.3, -0.25) is 9.59 Å². The van der Waals surface area contributed by atoms with Crippen LogP contribution in [-0.4, -0.2) is 35.9 Å². The largest absolute Gasteiger partial charge is 0.493 e. The van der Waals surface area contributed by atoms with E-state index in [0.717, 1.165) is 17.7 Å². The number of hydrogen-bond acceptors (Lipinski definition) is 5. The lowest BCUT2D eigenvalue weighted by Crippen LogP contribution is -2.35. The predicted molar refractivity (Wildman–Crippen MR) is 123 cm³/mol. The molecule has 0 unspecified atom stereocenters. The number of rotatable bonds is 7. The van der Waals surface area contributed by atoms with Gasteiger partial charge in [0.1, 0.15) is 0 Å². The van der Waals surface area contributed by atoms with Crippen molar-refractivity contribution in [3.8, 4) is 22.8 Å². The topological polar surface area (TPSA) is 73.7 Å². The zero-order chi connectivity index (χ0) is 22.7. The van der Waals surface area contributed by atoms with Crippen LogP contribution in [0.3, 0.4) is 0 Å². The molecule has 32 heavy (non-hydrogen) atoms. The number of anilines is 1. The van der Waals surface area contributed by atoms with Gasteiger partial charge in [0.05, 0.1) is 19.9 Å². The number of carbonyl (C=O) groups is 1. The predicted octanol–water partition coefficient (Wildman–Crippen LogP) is 3.69. The van der Waals surface area contributed by atoms with Crippen LogP contribution in [0.2, 0.25) is 0 Å². The van der Waals surface area contributed by atoms with Gasteiger partial charge in [-0.1, -0.05) is 18.2 Å². The molecular weight excluding hydrogens is 406 g/mol. The lowest BCUT2D eigenvalue weighted by Gasteiger charge is -2.22. The number of aryl methyl sites for hydroxylation is 1. The molecule has 1 aliphatic rings. The van der Waals surface area contributed by atoms with E-state index in [1.807, 2.05) is 35.2 Å². The SMILES string of the molecule is COc1ccc(-c2ccc(=O)n(CCCC(=O)N3c4ccccc4C[C@H]3C)n2)cc1OC. The van der Waals surface area contributed by atoms with Crippen molar-refractivity contribution >= 4 is 11.6 Å². The van der Waals surface area contributed by atoms with Gasteiger partial charge in [0, 0.05) is 36.3 Å². The molecule has 7 nitrogen and oxygen atoms in total. The first-order valence-electron chi connectivity index (χ1n) is 10.7. The standard InChI is InChI=1S/C25H27N3O4/c1-17-15-19-7-4-5-8-21(19)28(17)25(30)9-6-14-27-24(29)13-11-20(26-27)18-10-12-22(31-2)23(16-18)32-3/h4-5,7-8,10-13,16-17H,6,9,14-15H2,1-3H3/t17-/m1/s1. The normalized spacial score (nSPS) is 14.8. The third-order valence-electron chi connectivity index (χ3n) is 5.78. The van der Waals surface area contributed by atoms with Crippen LogP contribution in [0.5, 0.6) is 11.5 Å². The number of carbonyl (C=O) groups excluding carboxylic acids is 1. The summed E-state index contributed by atoms with van der Waals surface area (Å²) in [5.74, 6) is 1.29. The monoisotopic (exact) mass is 433 g/mol. The van der Waals surface area contributed by atoms with Crippen LogP contribution in [0.15, 0.2) is 59.4 Å². The van der Waals surface area contributed by atoms with Gasteiger partial charge >= 0.3 is 0 Å². The zero-order valence-electron chi connectivity index (χ0n) is 18.6. The second-order valence-corrected chi connectivity index (χ2v) is 7.90. The molecule has 0 N–H and O–H groups in total. The molecular formula is C25H27N3O4. The highest BCUT2D eigenvalue weighted by Gasteiger charge is 2.29. The molecule has 1 amide bonds. The second-order valence-electron chi connectivity index (χ2n) is 7.90. The van der Waals surface area contributed by atoms with Gasteiger partial charge in [-0.25, -0.2) is 4.68 Å². The highest BCUT2D eigenvalue weighted by molar-refractivity contribution is 5.96. The van der Waals surface area contributed by atoms with E-state index < -0.39 is 0 Å². The Bertz CT molecular complexity index is 1190. The molecule has 7 heteroatoms. The Labute approximate surface area is 187 Å². The summed E-state index contributed by atoms with van der Waals surface area (Å²) < 4.78 is 12.1. The van der Waals surface area contributed by atoms with Crippen molar-refractivity contribution in [1.29, 1.82) is 0 Å². The zero-order valence-corrected chi connectivity index (χ0v) is 18.6. The number of aromatic nitrogens is 2. The average molecular weight is 434 g/mol. The van der Waals surface area contributed by atoms with E-state index >= 15 is 0 Å². The van der Waals surface area contributed by atoms with Crippen molar-refractivity contribution < 1.29 is 14.3 Å². The maximum Gasteiger partial charge on any atom is 0.266 e. The van der Waals surface area contributed by atoms with Crippen molar-refractivity contribution in [3.05, 3.63) is 70.5 Å². The molecule has 3 aromatic rings. The third kappa shape index (κ3) is 4.23. The van der Waals surface area contributed by atoms with E-state index in [1.54, 1.807) is 26.4 Å². The van der Waals surface area contributed by atoms with E-state index in [4.69, 9.17) is 9.47 Å². The van der Waals surface area contributed by atoms with E-state index in [2.05, 4.69) is 18.1 Å². The van der Waals surface area contributed by atoms with Crippen LogP contribution in [-0.2, 0) is 17.8 Å². The summed E-state index contributed by atoms with van der Waals surface area (Å²) in [5.41, 5.74) is 3.47. The summed E-state index contributed by atoms with van der Waals surface area (Å²) in [4.78, 5) is 27.1. The Morgan fingerprint density at radius 2 is 1.84 bits per heavy atom. The number of fused-ring (bicyclic) bond motifs is 1. The molecule has 166 valence electrons. The fourth-order valence-electron chi connectivity index (χ4n) is 4.20. The molecule has 2 heterocycles. The van der Waals surface area contributed by atoms with E-state index in [1.165, 1.54) is 16.3 Å². The van der Waals surface area contributed by atoms with Crippen molar-refractivity contribution in [1.82, 2.24) is 9.78 Å². The number of para-hydroxylation sites is 1. The molecule has 1 aromatic heterocycles. The van der Waals surface area contributed by atoms with Crippen LogP contribution >= 0.6 is 0 Å². The Morgan fingerprint density at radius 1 is 1.06 bits per heavy atom. The number of benzene rings is 2. The molecule has 4 rings (SSSR count). The molecule has 0 spiro atoms. The van der Waals surface area contributed by atoms with Crippen LogP contribution < -0.4 is 19.9 Å². The van der Waals surface area contributed by atoms with Gasteiger partial charge in [0.2, 0.25) is 5.91 Å². The first kappa shape index (κ1) is 21.6. The van der Waals surface area contributed by atoms with Gasteiger partial charge in [0.15, 0.2) is 11.5 Å². The third-order valence-corrected chi connectivity index (χ3v) is 5.78. The van der Waals surface area contributed by atoms with Crippen LogP contribution in [0, 0.1) is 0 Å². The molecule has 0 saturated carbocycles. The summed E-state index contributed by atoms with van der Waals surface area (Å²) in [6.07, 6.45) is 1.76. The van der Waals surface area contributed by atoms with Crippen molar-refractivity contribution in [2.24, 2.45) is 0 Å². The van der Waals surface area contributed by atoms with Crippen LogP contribution in [0.1, 0.15) is 25.3 Å². The van der Waals surface area contributed by atoms with E-state index in [9.17, 15) is 9.59 Å². The maximum absolute atomic E-state index is 12.9. The first-order valence-corrected chi connectivity index (χ1v) is 10.7. The summed E-state index contributed by atoms with van der Waals surface area (Å²) >= 11 is 0. The molecule has 0 bridgehead atoms. The Kier molecular flexibility index (Phi) is 6.25. The summed E-state index contributed by atoms with van der Waals surface area (Å²) in [7, 11) is 3.16. The quantitative estimate of drug-likeness (QED) is 0.568. The summed E-state index contributed by atoms with van der Waals surface area (Å²) in [6, 6.07) is 16.9. The molecule has 0 aliphatic carbocycles. The van der Waals surface area contributed by atoms with Gasteiger partial charge in [0.25, 0.3) is 5.56 Å². The fourth-order valence-corrected chi connectivity index (χ4v) is 4.20. The lowest BCUT2D eigenvalue weighted by molar-refractivity contribution is -0.119. The number of amides is 1. The van der Waals surface area contributed by atoms with Gasteiger partial charge in [-0.15, -0.1) is 0 Å². The first-order chi connectivity index (χ1) is 15.5. The average Bonchev–Trinajstić information content (AvgIpc) is 3.15. The minimum absolute atomic E-state index is 0.0755. The maximum atomic E-state index is 12.9. The number of ether oxygens (including phenoxy) is 2. The molecule has 0 saturated heterocycles. The minimum atomic E-state index is -0.193. The summed E-state index contributed by atoms with van der Waals surface area (Å²) in [6.45, 7) is 2.44. The molecule has 1 atom stereocenters. The van der Waals surface area contributed by atoms with Gasteiger partial charge in [-0.2, -0.15) is 5.10 Å². The molecule has 2 aromatic carbocycles. The second kappa shape index (κ2) is 9.26. The highest BCUT2D eigenvalue weighted by Crippen LogP contribution is 2.33. The minimum Gasteiger partial charge on any atom is -0.493 e. The van der Waals surface area contributed by atoms with Gasteiger partial charge in [-0.05, 0) is 55.7 Å². The van der Waals surface area contributed by atoms with Crippen molar-refractivity contribution in [3.63, 3.8) is 0 Å². The molecule has 1 aliphatic heterocycles. The fraction of sp³-hybridized carbons (Fsp3) is 0.320. The van der Waals surface area contributed by atoms with E-state index in [0.29, 0.717) is 36.6 Å². The highest BCUT2D eigenvalue weighted by atomic mass is 16.5. The number of methoxy groups -OCH3 is 2. The lowest BCUT2D eigenvalue weighted by atomic mass is 10.1. The number of nitrogens with zero attached hydrogens (tertiary/aromatic N) is 3. The van der Waals surface area contributed by atoms with Crippen LogP contribution in [0.25, 0.3) is 11.3 Å². The van der Waals surface area contributed by atoms with Crippen LogP contribution in [0.4, 0.5) is 5.69 Å². The summed E-state index contributed by atoms with van der Waals surface area (Å²) in [5, 5.41) is 4.50. The van der Waals surface area contributed by atoms with E-state index in [-0.39, 0.29) is 17.5 Å². The molecule has 0 fully saturated rings. The number of hydrogen-bond donors (Lipinski definition) is 0. The van der Waals surface area contributed by atoms with Crippen molar-refractivity contribution in [2.45, 2.75) is 38.8 Å². The molecule has 0 radical (unpaired) electrons. The van der Waals surface area contributed by atoms with Gasteiger partial charge < -0.3 is 14.4 Å².